The molecule has 2 aromatic rings. The zero-order valence-corrected chi connectivity index (χ0v) is 13.5. The lowest BCUT2D eigenvalue weighted by molar-refractivity contribution is -0.385. The predicted molar refractivity (Wildman–Crippen MR) is 86.5 cm³/mol. The molecule has 0 aliphatic heterocycles. The summed E-state index contributed by atoms with van der Waals surface area (Å²) in [6.07, 6.45) is 0. The van der Waals surface area contributed by atoms with E-state index in [0.717, 1.165) is 24.3 Å². The van der Waals surface area contributed by atoms with Gasteiger partial charge in [-0.1, -0.05) is 0 Å². The number of rotatable bonds is 4. The maximum absolute atomic E-state index is 13.1. The van der Waals surface area contributed by atoms with Crippen molar-refractivity contribution in [2.24, 2.45) is 0 Å². The van der Waals surface area contributed by atoms with Crippen LogP contribution in [0.2, 0.25) is 0 Å². The van der Waals surface area contributed by atoms with Gasteiger partial charge in [-0.2, -0.15) is 0 Å². The highest BCUT2D eigenvalue weighted by Crippen LogP contribution is 2.17. The first kappa shape index (κ1) is 21.1. The number of nitro benzene ring substituents is 2. The highest BCUT2D eigenvalue weighted by molar-refractivity contribution is 5.94. The van der Waals surface area contributed by atoms with Crippen molar-refractivity contribution >= 4 is 23.3 Å². The molecule has 2 aromatic carbocycles. The van der Waals surface area contributed by atoms with E-state index in [1.54, 1.807) is 0 Å². The molecule has 0 saturated carbocycles. The van der Waals surface area contributed by atoms with Crippen LogP contribution < -0.4 is 5.32 Å². The molecule has 0 bridgehead atoms. The lowest BCUT2D eigenvalue weighted by Crippen LogP contribution is -2.19. The number of benzene rings is 2. The molecule has 1 amide bonds. The molecule has 0 spiro atoms. The predicted octanol–water partition coefficient (Wildman–Crippen LogP) is 2.53. The molecule has 12 heteroatoms. The number of carboxylic acid groups (broad SMARTS) is 1. The number of amides is 1. The fraction of sp³-hybridized carbons (Fsp3) is 0.0667. The molecule has 0 radical (unpaired) electrons. The van der Waals surface area contributed by atoms with Crippen molar-refractivity contribution < 1.29 is 33.3 Å². The van der Waals surface area contributed by atoms with Crippen LogP contribution in [0, 0.1) is 31.9 Å². The molecular formula is C15H11F2N3O7. The molecule has 0 aliphatic rings. The highest BCUT2D eigenvalue weighted by atomic mass is 19.1. The molecular weight excluding hydrogens is 372 g/mol. The van der Waals surface area contributed by atoms with E-state index in [2.05, 4.69) is 5.32 Å². The summed E-state index contributed by atoms with van der Waals surface area (Å²) in [4.78, 5) is 40.1. The summed E-state index contributed by atoms with van der Waals surface area (Å²) in [5.74, 6) is -4.08. The Balaban J connectivity index is 0.000000271. The van der Waals surface area contributed by atoms with Gasteiger partial charge in [0.25, 0.3) is 17.3 Å². The molecule has 142 valence electrons. The van der Waals surface area contributed by atoms with Gasteiger partial charge in [-0.15, -0.1) is 0 Å². The SMILES string of the molecule is CNC(=O)c1ccc([N+](=O)[O-])cc1F.O=C(O)c1ccc([N+](=O)[O-])cc1F. The van der Waals surface area contributed by atoms with Crippen LogP contribution in [0.5, 0.6) is 0 Å². The molecule has 0 aliphatic carbocycles. The van der Waals surface area contributed by atoms with Crippen molar-refractivity contribution in [2.75, 3.05) is 7.05 Å². The van der Waals surface area contributed by atoms with Gasteiger partial charge in [0.2, 0.25) is 0 Å². The maximum Gasteiger partial charge on any atom is 0.338 e. The number of nitrogens with zero attached hydrogens (tertiary/aromatic N) is 2. The van der Waals surface area contributed by atoms with Crippen LogP contribution >= 0.6 is 0 Å². The van der Waals surface area contributed by atoms with E-state index in [0.29, 0.717) is 12.1 Å². The van der Waals surface area contributed by atoms with Crippen molar-refractivity contribution in [3.05, 3.63) is 79.4 Å². The number of halogens is 2. The smallest absolute Gasteiger partial charge is 0.338 e. The van der Waals surface area contributed by atoms with Gasteiger partial charge in [0, 0.05) is 19.2 Å². The van der Waals surface area contributed by atoms with Crippen molar-refractivity contribution in [2.45, 2.75) is 0 Å². The molecule has 0 fully saturated rings. The Morgan fingerprint density at radius 3 is 1.63 bits per heavy atom. The summed E-state index contributed by atoms with van der Waals surface area (Å²) in [5.41, 5.74) is -1.64. The summed E-state index contributed by atoms with van der Waals surface area (Å²) in [5, 5.41) is 31.0. The summed E-state index contributed by atoms with van der Waals surface area (Å²) < 4.78 is 25.9. The van der Waals surface area contributed by atoms with Gasteiger partial charge < -0.3 is 10.4 Å². The Morgan fingerprint density at radius 1 is 0.926 bits per heavy atom. The van der Waals surface area contributed by atoms with Crippen molar-refractivity contribution in [3.63, 3.8) is 0 Å². The second-order valence-electron chi connectivity index (χ2n) is 4.73. The Kier molecular flexibility index (Phi) is 6.98. The topological polar surface area (TPSA) is 153 Å². The second kappa shape index (κ2) is 8.94. The molecule has 0 heterocycles. The van der Waals surface area contributed by atoms with E-state index >= 15 is 0 Å². The molecule has 27 heavy (non-hydrogen) atoms. The van der Waals surface area contributed by atoms with E-state index < -0.39 is 44.6 Å². The zero-order valence-electron chi connectivity index (χ0n) is 13.5. The lowest BCUT2D eigenvalue weighted by atomic mass is 10.2. The van der Waals surface area contributed by atoms with Crippen LogP contribution in [0.15, 0.2) is 36.4 Å². The normalized spacial score (nSPS) is 9.59. The minimum Gasteiger partial charge on any atom is -0.478 e. The highest BCUT2D eigenvalue weighted by Gasteiger charge is 2.15. The van der Waals surface area contributed by atoms with E-state index in [1.807, 2.05) is 0 Å². The van der Waals surface area contributed by atoms with E-state index in [9.17, 15) is 38.6 Å². The number of nitrogens with one attached hydrogen (secondary N) is 1. The summed E-state index contributed by atoms with van der Waals surface area (Å²) in [7, 11) is 1.35. The summed E-state index contributed by atoms with van der Waals surface area (Å²) in [6, 6.07) is 5.23. The van der Waals surface area contributed by atoms with Crippen molar-refractivity contribution in [3.8, 4) is 0 Å². The van der Waals surface area contributed by atoms with Gasteiger partial charge in [0.05, 0.1) is 33.1 Å². The van der Waals surface area contributed by atoms with Crippen LogP contribution in [0.3, 0.4) is 0 Å². The standard InChI is InChI=1S/C8H7FN2O3.C7H4FNO4/c1-10-8(12)6-3-2-5(11(13)14)4-7(6)9;8-6-3-4(9(12)13)1-2-5(6)7(10)11/h2-4H,1H3,(H,10,12);1-3H,(H,10,11). The van der Waals surface area contributed by atoms with Gasteiger partial charge in [-0.3, -0.25) is 25.0 Å². The minimum atomic E-state index is -1.45. The maximum atomic E-state index is 13.1. The van der Waals surface area contributed by atoms with Crippen LogP contribution in [0.4, 0.5) is 20.2 Å². The first-order valence-corrected chi connectivity index (χ1v) is 6.91. The van der Waals surface area contributed by atoms with Crippen molar-refractivity contribution in [1.82, 2.24) is 5.32 Å². The molecule has 10 nitrogen and oxygen atoms in total. The van der Waals surface area contributed by atoms with Crippen molar-refractivity contribution in [1.29, 1.82) is 0 Å². The molecule has 0 saturated heterocycles. The van der Waals surface area contributed by atoms with Gasteiger partial charge in [-0.25, -0.2) is 13.6 Å². The van der Waals surface area contributed by atoms with E-state index in [1.165, 1.54) is 7.05 Å². The number of non-ortho nitro benzene ring substituents is 2. The van der Waals surface area contributed by atoms with Crippen LogP contribution in [-0.2, 0) is 0 Å². The lowest BCUT2D eigenvalue weighted by Gasteiger charge is -2.00. The monoisotopic (exact) mass is 383 g/mol. The number of aromatic carboxylic acids is 1. The zero-order chi connectivity index (χ0) is 20.7. The Hall–Kier alpha value is -3.96. The van der Waals surface area contributed by atoms with E-state index in [4.69, 9.17) is 5.11 Å². The van der Waals surface area contributed by atoms with Gasteiger partial charge in [0.1, 0.15) is 11.6 Å². The fourth-order valence-electron chi connectivity index (χ4n) is 1.73. The summed E-state index contributed by atoms with van der Waals surface area (Å²) >= 11 is 0. The third-order valence-corrected chi connectivity index (χ3v) is 3.03. The molecule has 0 atom stereocenters. The first-order valence-electron chi connectivity index (χ1n) is 6.91. The number of carboxylic acids is 1. The molecule has 0 aromatic heterocycles. The first-order chi connectivity index (χ1) is 12.6. The molecule has 0 unspecified atom stereocenters. The van der Waals surface area contributed by atoms with E-state index in [-0.39, 0.29) is 11.3 Å². The van der Waals surface area contributed by atoms with Crippen LogP contribution in [0.1, 0.15) is 20.7 Å². The number of carbonyl (C=O) groups excluding carboxylic acids is 1. The fourth-order valence-corrected chi connectivity index (χ4v) is 1.73. The number of carbonyl (C=O) groups is 2. The third kappa shape index (κ3) is 5.52. The number of hydrogen-bond acceptors (Lipinski definition) is 6. The van der Waals surface area contributed by atoms with Crippen LogP contribution in [-0.4, -0.2) is 33.9 Å². The number of nitro groups is 2. The second-order valence-corrected chi connectivity index (χ2v) is 4.73. The Morgan fingerprint density at radius 2 is 1.33 bits per heavy atom. The summed E-state index contributed by atoms with van der Waals surface area (Å²) in [6.45, 7) is 0. The molecule has 2 N–H and O–H groups in total. The van der Waals surface area contributed by atoms with Gasteiger partial charge in [-0.05, 0) is 12.1 Å². The Bertz CT molecular complexity index is 918. The minimum absolute atomic E-state index is 0.210. The van der Waals surface area contributed by atoms with Crippen LogP contribution in [0.25, 0.3) is 0 Å². The van der Waals surface area contributed by atoms with Gasteiger partial charge >= 0.3 is 5.97 Å². The quantitative estimate of drug-likeness (QED) is 0.607. The third-order valence-electron chi connectivity index (χ3n) is 3.03. The number of hydrogen-bond donors (Lipinski definition) is 2. The molecule has 2 rings (SSSR count). The largest absolute Gasteiger partial charge is 0.478 e. The average Bonchev–Trinajstić information content (AvgIpc) is 2.60. The average molecular weight is 383 g/mol. The Labute approximate surface area is 149 Å². The van der Waals surface area contributed by atoms with Gasteiger partial charge in [0.15, 0.2) is 0 Å².